The van der Waals surface area contributed by atoms with Gasteiger partial charge in [0, 0.05) is 24.5 Å². The first-order valence-corrected chi connectivity index (χ1v) is 8.32. The van der Waals surface area contributed by atoms with Gasteiger partial charge in [-0.2, -0.15) is 4.99 Å². The summed E-state index contributed by atoms with van der Waals surface area (Å²) < 4.78 is 0. The number of aliphatic carboxylic acids is 1. The first-order valence-electron chi connectivity index (χ1n) is 6.57. The average molecular weight is 354 g/mol. The van der Waals surface area contributed by atoms with Crippen LogP contribution in [-0.2, 0) is 14.4 Å². The number of rotatable bonds is 7. The van der Waals surface area contributed by atoms with E-state index in [0.717, 1.165) is 11.8 Å². The molecule has 0 saturated carbocycles. The fourth-order valence-electron chi connectivity index (χ4n) is 1.79. The number of amidine groups is 1. The number of thiazole rings is 1. The van der Waals surface area contributed by atoms with E-state index < -0.39 is 23.7 Å². The van der Waals surface area contributed by atoms with Crippen LogP contribution in [0.5, 0.6) is 0 Å². The summed E-state index contributed by atoms with van der Waals surface area (Å²) in [5.74, 6) is -1.88. The van der Waals surface area contributed by atoms with Crippen LogP contribution in [0.1, 0.15) is 6.42 Å². The van der Waals surface area contributed by atoms with Crippen molar-refractivity contribution in [2.24, 2.45) is 4.99 Å². The van der Waals surface area contributed by atoms with E-state index in [1.54, 1.807) is 17.7 Å². The van der Waals surface area contributed by atoms with Gasteiger partial charge < -0.3 is 10.4 Å². The summed E-state index contributed by atoms with van der Waals surface area (Å²) in [6.45, 7) is 3.42. The summed E-state index contributed by atoms with van der Waals surface area (Å²) in [7, 11) is 0. The Bertz CT molecular complexity index is 644. The van der Waals surface area contributed by atoms with E-state index in [-0.39, 0.29) is 18.9 Å². The van der Waals surface area contributed by atoms with Crippen molar-refractivity contribution in [2.75, 3.05) is 13.1 Å². The molecular weight excluding hydrogens is 340 g/mol. The molecule has 2 N–H and O–H groups in total. The summed E-state index contributed by atoms with van der Waals surface area (Å²) in [6, 6.07) is 0. The van der Waals surface area contributed by atoms with Crippen LogP contribution < -0.4 is 5.32 Å². The summed E-state index contributed by atoms with van der Waals surface area (Å²) in [4.78, 5) is 44.3. The van der Waals surface area contributed by atoms with E-state index >= 15 is 0 Å². The van der Waals surface area contributed by atoms with Gasteiger partial charge in [-0.05, 0) is 0 Å². The van der Waals surface area contributed by atoms with Gasteiger partial charge in [-0.15, -0.1) is 17.9 Å². The molecule has 1 atom stereocenters. The highest BCUT2D eigenvalue weighted by Crippen LogP contribution is 2.31. The Morgan fingerprint density at radius 3 is 2.96 bits per heavy atom. The zero-order valence-corrected chi connectivity index (χ0v) is 13.6. The number of amides is 2. The highest BCUT2D eigenvalue weighted by Gasteiger charge is 2.38. The first-order chi connectivity index (χ1) is 11.0. The normalized spacial score (nSPS) is 19.1. The van der Waals surface area contributed by atoms with Crippen molar-refractivity contribution in [3.8, 4) is 0 Å². The summed E-state index contributed by atoms with van der Waals surface area (Å²) in [5, 5.41) is 12.9. The van der Waals surface area contributed by atoms with Crippen LogP contribution in [0.25, 0.3) is 0 Å². The van der Waals surface area contributed by atoms with Crippen LogP contribution in [0.15, 0.2) is 29.2 Å². The lowest BCUT2D eigenvalue weighted by Crippen LogP contribution is -2.36. The van der Waals surface area contributed by atoms with E-state index in [2.05, 4.69) is 21.9 Å². The number of carboxylic acids is 1. The summed E-state index contributed by atoms with van der Waals surface area (Å²) in [6.07, 6.45) is 3.07. The summed E-state index contributed by atoms with van der Waals surface area (Å²) >= 11 is 2.50. The lowest BCUT2D eigenvalue weighted by Gasteiger charge is -2.13. The van der Waals surface area contributed by atoms with E-state index in [1.165, 1.54) is 16.2 Å². The maximum Gasteiger partial charge on any atom is 0.322 e. The molecule has 1 unspecified atom stereocenters. The molecule has 1 aromatic rings. The second-order valence-corrected chi connectivity index (χ2v) is 6.47. The molecule has 1 fully saturated rings. The minimum Gasteiger partial charge on any atom is -0.480 e. The van der Waals surface area contributed by atoms with Crippen molar-refractivity contribution in [2.45, 2.75) is 11.7 Å². The Balaban J connectivity index is 2.08. The zero-order chi connectivity index (χ0) is 16.8. The molecule has 1 aromatic heterocycles. The van der Waals surface area contributed by atoms with Gasteiger partial charge in [0.05, 0.1) is 0 Å². The zero-order valence-electron chi connectivity index (χ0n) is 12.0. The van der Waals surface area contributed by atoms with Crippen molar-refractivity contribution < 1.29 is 19.5 Å². The molecule has 23 heavy (non-hydrogen) atoms. The smallest absolute Gasteiger partial charge is 0.322 e. The third-order valence-electron chi connectivity index (χ3n) is 2.75. The molecule has 122 valence electrons. The van der Waals surface area contributed by atoms with E-state index in [0.29, 0.717) is 10.3 Å². The number of carbonyl (C=O) groups is 3. The number of hydrogen-bond donors (Lipinski definition) is 2. The average Bonchev–Trinajstić information content (AvgIpc) is 3.10. The number of hydrogen-bond acceptors (Lipinski definition) is 7. The second kappa shape index (κ2) is 7.88. The predicted molar refractivity (Wildman–Crippen MR) is 87.8 cm³/mol. The summed E-state index contributed by atoms with van der Waals surface area (Å²) in [5.41, 5.74) is 0. The van der Waals surface area contributed by atoms with Crippen LogP contribution in [0.2, 0.25) is 0 Å². The molecule has 1 aliphatic rings. The Hall–Kier alpha value is -2.20. The quantitative estimate of drug-likeness (QED) is 0.702. The number of aromatic nitrogens is 1. The lowest BCUT2D eigenvalue weighted by atomic mass is 10.2. The maximum absolute atomic E-state index is 12.4. The molecule has 8 nitrogen and oxygen atoms in total. The number of thioether (sulfide) groups is 1. The largest absolute Gasteiger partial charge is 0.480 e. The topological polar surface area (TPSA) is 112 Å². The molecule has 2 heterocycles. The van der Waals surface area contributed by atoms with Crippen molar-refractivity contribution >= 4 is 51.2 Å². The molecular formula is C13H14N4O4S2. The highest BCUT2D eigenvalue weighted by molar-refractivity contribution is 8.15. The van der Waals surface area contributed by atoms with Crippen molar-refractivity contribution in [3.63, 3.8) is 0 Å². The Morgan fingerprint density at radius 2 is 2.35 bits per heavy atom. The van der Waals surface area contributed by atoms with Gasteiger partial charge in [0.25, 0.3) is 0 Å². The van der Waals surface area contributed by atoms with Crippen LogP contribution in [-0.4, -0.2) is 56.3 Å². The molecule has 0 aliphatic carbocycles. The Morgan fingerprint density at radius 1 is 1.57 bits per heavy atom. The molecule has 1 saturated heterocycles. The highest BCUT2D eigenvalue weighted by atomic mass is 32.2. The minimum atomic E-state index is -1.14. The van der Waals surface area contributed by atoms with Crippen LogP contribution in [0.3, 0.4) is 0 Å². The molecule has 0 aromatic carbocycles. The molecule has 2 rings (SSSR count). The molecule has 0 radical (unpaired) electrons. The van der Waals surface area contributed by atoms with Gasteiger partial charge in [-0.1, -0.05) is 17.8 Å². The Labute approximate surface area is 140 Å². The van der Waals surface area contributed by atoms with Gasteiger partial charge in [0.15, 0.2) is 5.17 Å². The SMILES string of the molecule is C=CCN1C(=O)C(CC(=O)NCC(=O)O)S/C1=N/c1nccs1. The third-order valence-corrected chi connectivity index (χ3v) is 4.59. The standard InChI is InChI=1S/C13H14N4O4S2/c1-2-4-17-11(21)8(6-9(18)15-7-10(19)20)23-13(17)16-12-14-3-5-22-12/h2-3,5,8H,1,4,6-7H2,(H,15,18)(H,19,20)/b16-13+. The molecule has 2 amide bonds. The molecule has 0 spiro atoms. The fraction of sp³-hybridized carbons (Fsp3) is 0.308. The van der Waals surface area contributed by atoms with Crippen molar-refractivity contribution in [1.29, 1.82) is 0 Å². The maximum atomic E-state index is 12.4. The van der Waals surface area contributed by atoms with Crippen LogP contribution in [0.4, 0.5) is 5.13 Å². The van der Waals surface area contributed by atoms with Gasteiger partial charge >= 0.3 is 5.97 Å². The fourth-order valence-corrected chi connectivity index (χ4v) is 3.50. The molecule has 0 bridgehead atoms. The third kappa shape index (κ3) is 4.63. The number of nitrogens with one attached hydrogen (secondary N) is 1. The van der Waals surface area contributed by atoms with Gasteiger partial charge in [-0.3, -0.25) is 19.3 Å². The van der Waals surface area contributed by atoms with E-state index in [4.69, 9.17) is 5.11 Å². The van der Waals surface area contributed by atoms with Gasteiger partial charge in [0.2, 0.25) is 16.9 Å². The lowest BCUT2D eigenvalue weighted by molar-refractivity contribution is -0.138. The molecule has 1 aliphatic heterocycles. The minimum absolute atomic E-state index is 0.110. The van der Waals surface area contributed by atoms with E-state index in [9.17, 15) is 14.4 Å². The molecule has 10 heteroatoms. The monoisotopic (exact) mass is 354 g/mol. The Kier molecular flexibility index (Phi) is 5.88. The number of carboxylic acid groups (broad SMARTS) is 1. The predicted octanol–water partition coefficient (Wildman–Crippen LogP) is 0.851. The van der Waals surface area contributed by atoms with Gasteiger partial charge in [0.1, 0.15) is 11.8 Å². The van der Waals surface area contributed by atoms with Gasteiger partial charge in [-0.25, -0.2) is 4.98 Å². The van der Waals surface area contributed by atoms with E-state index in [1.807, 2.05) is 0 Å². The van der Waals surface area contributed by atoms with Crippen LogP contribution in [0, 0.1) is 0 Å². The van der Waals surface area contributed by atoms with Crippen molar-refractivity contribution in [1.82, 2.24) is 15.2 Å². The number of nitrogens with zero attached hydrogens (tertiary/aromatic N) is 3. The van der Waals surface area contributed by atoms with Crippen molar-refractivity contribution in [3.05, 3.63) is 24.2 Å². The second-order valence-electron chi connectivity index (χ2n) is 4.43. The number of carbonyl (C=O) groups excluding carboxylic acids is 2. The number of aliphatic imine (C=N–C) groups is 1. The van der Waals surface area contributed by atoms with Crippen LogP contribution >= 0.6 is 23.1 Å². The first kappa shape index (κ1) is 17.2.